The summed E-state index contributed by atoms with van der Waals surface area (Å²) in [5.74, 6) is 1.08. The van der Waals surface area contributed by atoms with Crippen molar-refractivity contribution in [3.63, 3.8) is 0 Å². The van der Waals surface area contributed by atoms with Crippen LogP contribution in [0, 0.1) is 0 Å². The van der Waals surface area contributed by atoms with Gasteiger partial charge in [0.15, 0.2) is 0 Å². The molecule has 2 aromatic rings. The summed E-state index contributed by atoms with van der Waals surface area (Å²) in [6.07, 6.45) is 2.79. The molecule has 0 spiro atoms. The molecule has 0 atom stereocenters. The first-order valence-electron chi connectivity index (χ1n) is 5.99. The number of pyridine rings is 1. The van der Waals surface area contributed by atoms with Crippen LogP contribution in [0.1, 0.15) is 5.69 Å². The van der Waals surface area contributed by atoms with Crippen LogP contribution in [0.2, 0.25) is 5.15 Å². The lowest BCUT2D eigenvalue weighted by atomic mass is 10.3. The van der Waals surface area contributed by atoms with E-state index in [-0.39, 0.29) is 6.54 Å². The highest BCUT2D eigenvalue weighted by atomic mass is 35.5. The van der Waals surface area contributed by atoms with Crippen molar-refractivity contribution in [1.29, 1.82) is 0 Å². The van der Waals surface area contributed by atoms with Crippen LogP contribution in [0.3, 0.4) is 0 Å². The maximum absolute atomic E-state index is 11.2. The number of anilines is 1. The molecule has 0 saturated heterocycles. The van der Waals surface area contributed by atoms with E-state index in [1.807, 2.05) is 18.4 Å². The van der Waals surface area contributed by atoms with Crippen molar-refractivity contribution in [1.82, 2.24) is 14.9 Å². The number of hydrogen-bond donors (Lipinski definition) is 3. The Labute approximate surface area is 125 Å². The minimum Gasteiger partial charge on any atom is -0.360 e. The summed E-state index contributed by atoms with van der Waals surface area (Å²) < 4.78 is 1.75. The first kappa shape index (κ1) is 15.0. The lowest BCUT2D eigenvalue weighted by Crippen LogP contribution is -2.27. The zero-order valence-electron chi connectivity index (χ0n) is 10.9. The second kappa shape index (κ2) is 6.83. The summed E-state index contributed by atoms with van der Waals surface area (Å²) in [6.45, 7) is -0.0538. The number of carbonyl (C=O) groups is 1. The fourth-order valence-corrected chi connectivity index (χ4v) is 2.50. The highest BCUT2D eigenvalue weighted by Gasteiger charge is 2.14. The molecule has 6 nitrogen and oxygen atoms in total. The number of aromatic nitrogens is 2. The molecule has 0 aliphatic rings. The molecule has 1 amide bonds. The van der Waals surface area contributed by atoms with Crippen LogP contribution < -0.4 is 10.8 Å². The van der Waals surface area contributed by atoms with Crippen LogP contribution in [0.5, 0.6) is 0 Å². The predicted octanol–water partition coefficient (Wildman–Crippen LogP) is 1.81. The fraction of sp³-hybridized carbons (Fsp3) is 0.333. The monoisotopic (exact) mass is 314 g/mol. The molecule has 0 bridgehead atoms. The Hall–Kier alpha value is -1.44. The van der Waals surface area contributed by atoms with Crippen molar-refractivity contribution in [2.75, 3.05) is 23.9 Å². The molecular weight excluding hydrogens is 300 g/mol. The smallest absolute Gasteiger partial charge is 0.262 e. The Morgan fingerprint density at radius 3 is 3.05 bits per heavy atom. The highest BCUT2D eigenvalue weighted by molar-refractivity contribution is 7.98. The van der Waals surface area contributed by atoms with E-state index in [2.05, 4.69) is 10.3 Å². The number of fused-ring (bicyclic) bond motifs is 1. The molecule has 3 N–H and O–H groups in total. The van der Waals surface area contributed by atoms with Crippen molar-refractivity contribution in [3.05, 3.63) is 29.0 Å². The molecule has 0 saturated carbocycles. The standard InChI is InChI=1S/C12H15ClN4O2S/c1-20-6-5-8-12(14-7-11(18)16-19)17-9(13)3-2-4-10(17)15-8/h2-4,14,19H,5-7H2,1H3,(H,16,18). The third kappa shape index (κ3) is 3.17. The molecule has 0 radical (unpaired) electrons. The minimum atomic E-state index is -0.525. The maximum atomic E-state index is 11.2. The number of carbonyl (C=O) groups excluding carboxylic acids is 1. The van der Waals surface area contributed by atoms with Gasteiger partial charge in [0.2, 0.25) is 0 Å². The molecule has 2 aromatic heterocycles. The molecule has 2 rings (SSSR count). The Morgan fingerprint density at radius 2 is 2.35 bits per heavy atom. The number of imidazole rings is 1. The van der Waals surface area contributed by atoms with E-state index < -0.39 is 5.91 Å². The van der Waals surface area contributed by atoms with E-state index in [1.54, 1.807) is 27.7 Å². The number of halogens is 1. The van der Waals surface area contributed by atoms with Gasteiger partial charge in [0.1, 0.15) is 16.6 Å². The average molecular weight is 315 g/mol. The number of hydrogen-bond acceptors (Lipinski definition) is 5. The zero-order valence-corrected chi connectivity index (χ0v) is 12.5. The number of nitrogens with one attached hydrogen (secondary N) is 2. The van der Waals surface area contributed by atoms with Gasteiger partial charge in [-0.3, -0.25) is 14.4 Å². The van der Waals surface area contributed by atoms with Crippen LogP contribution in [0.4, 0.5) is 5.82 Å². The first-order valence-corrected chi connectivity index (χ1v) is 7.76. The number of thioether (sulfide) groups is 1. The van der Waals surface area contributed by atoms with Crippen molar-refractivity contribution >= 4 is 40.7 Å². The lowest BCUT2D eigenvalue weighted by molar-refractivity contribution is -0.127. The van der Waals surface area contributed by atoms with Crippen molar-refractivity contribution in [2.24, 2.45) is 0 Å². The summed E-state index contributed by atoms with van der Waals surface area (Å²) in [5.41, 5.74) is 3.15. The van der Waals surface area contributed by atoms with Gasteiger partial charge in [-0.05, 0) is 24.1 Å². The molecule has 108 valence electrons. The van der Waals surface area contributed by atoms with E-state index in [0.717, 1.165) is 23.5 Å². The molecule has 0 aromatic carbocycles. The van der Waals surface area contributed by atoms with Gasteiger partial charge in [-0.2, -0.15) is 11.8 Å². The van der Waals surface area contributed by atoms with E-state index in [4.69, 9.17) is 16.8 Å². The topological polar surface area (TPSA) is 78.7 Å². The first-order chi connectivity index (χ1) is 9.67. The van der Waals surface area contributed by atoms with Crippen molar-refractivity contribution in [3.8, 4) is 0 Å². The van der Waals surface area contributed by atoms with Gasteiger partial charge in [-0.25, -0.2) is 10.5 Å². The predicted molar refractivity (Wildman–Crippen MR) is 80.7 cm³/mol. The summed E-state index contributed by atoms with van der Waals surface area (Å²) in [7, 11) is 0. The zero-order chi connectivity index (χ0) is 14.5. The van der Waals surface area contributed by atoms with Gasteiger partial charge in [-0.1, -0.05) is 17.7 Å². The largest absolute Gasteiger partial charge is 0.360 e. The summed E-state index contributed by atoms with van der Waals surface area (Å²) in [5, 5.41) is 12.0. The molecule has 8 heteroatoms. The third-order valence-corrected chi connectivity index (χ3v) is 3.66. The molecule has 0 aliphatic heterocycles. The van der Waals surface area contributed by atoms with Crippen LogP contribution in [-0.4, -0.2) is 39.1 Å². The van der Waals surface area contributed by atoms with Crippen LogP contribution >= 0.6 is 23.4 Å². The van der Waals surface area contributed by atoms with E-state index in [1.165, 1.54) is 0 Å². The Morgan fingerprint density at radius 1 is 1.55 bits per heavy atom. The third-order valence-electron chi connectivity index (χ3n) is 2.75. The minimum absolute atomic E-state index is 0.0538. The quantitative estimate of drug-likeness (QED) is 0.430. The second-order valence-electron chi connectivity index (χ2n) is 4.08. The van der Waals surface area contributed by atoms with E-state index in [0.29, 0.717) is 11.0 Å². The fourth-order valence-electron chi connectivity index (χ4n) is 1.86. The molecule has 0 aliphatic carbocycles. The molecular formula is C12H15ClN4O2S. The summed E-state index contributed by atoms with van der Waals surface area (Å²) in [6, 6.07) is 5.44. The lowest BCUT2D eigenvalue weighted by Gasteiger charge is -2.08. The number of hydroxylamine groups is 1. The normalized spacial score (nSPS) is 10.8. The summed E-state index contributed by atoms with van der Waals surface area (Å²) in [4.78, 5) is 15.7. The number of rotatable bonds is 6. The van der Waals surface area contributed by atoms with Gasteiger partial charge >= 0.3 is 0 Å². The molecule has 0 fully saturated rings. The van der Waals surface area contributed by atoms with Gasteiger partial charge < -0.3 is 5.32 Å². The van der Waals surface area contributed by atoms with Crippen LogP contribution in [0.25, 0.3) is 5.65 Å². The van der Waals surface area contributed by atoms with E-state index >= 15 is 0 Å². The Balaban J connectivity index is 2.37. The number of amides is 1. The molecule has 2 heterocycles. The molecule has 0 unspecified atom stereocenters. The second-order valence-corrected chi connectivity index (χ2v) is 5.45. The van der Waals surface area contributed by atoms with Crippen molar-refractivity contribution in [2.45, 2.75) is 6.42 Å². The van der Waals surface area contributed by atoms with Gasteiger partial charge in [0.25, 0.3) is 5.91 Å². The van der Waals surface area contributed by atoms with Gasteiger partial charge in [-0.15, -0.1) is 0 Å². The SMILES string of the molecule is CSCCc1nc2cccc(Cl)n2c1NCC(=O)NO. The van der Waals surface area contributed by atoms with Crippen molar-refractivity contribution < 1.29 is 10.0 Å². The average Bonchev–Trinajstić information content (AvgIpc) is 2.81. The number of nitrogens with zero attached hydrogens (tertiary/aromatic N) is 2. The Bertz CT molecular complexity index is 617. The summed E-state index contributed by atoms with van der Waals surface area (Å²) >= 11 is 7.91. The Kier molecular flexibility index (Phi) is 5.11. The highest BCUT2D eigenvalue weighted by Crippen LogP contribution is 2.24. The number of aryl methyl sites for hydroxylation is 1. The maximum Gasteiger partial charge on any atom is 0.262 e. The van der Waals surface area contributed by atoms with E-state index in [9.17, 15) is 4.79 Å². The van der Waals surface area contributed by atoms with Gasteiger partial charge in [0, 0.05) is 6.42 Å². The molecule has 20 heavy (non-hydrogen) atoms. The van der Waals surface area contributed by atoms with Crippen LogP contribution in [-0.2, 0) is 11.2 Å². The van der Waals surface area contributed by atoms with Gasteiger partial charge in [0.05, 0.1) is 12.2 Å². The van der Waals surface area contributed by atoms with Crippen LogP contribution in [0.15, 0.2) is 18.2 Å².